The van der Waals surface area contributed by atoms with Crippen LogP contribution in [-0.2, 0) is 0 Å². The zero-order valence-electron chi connectivity index (χ0n) is 13.5. The van der Waals surface area contributed by atoms with Crippen molar-refractivity contribution in [1.82, 2.24) is 0 Å². The largest absolute Gasteiger partial charge is 0.496 e. The molecule has 1 atom stereocenters. The van der Waals surface area contributed by atoms with Gasteiger partial charge in [0.2, 0.25) is 0 Å². The van der Waals surface area contributed by atoms with Crippen LogP contribution in [0.25, 0.3) is 0 Å². The topological polar surface area (TPSA) is 61.6 Å². The van der Waals surface area contributed by atoms with Gasteiger partial charge in [-0.15, -0.1) is 0 Å². The van der Waals surface area contributed by atoms with Crippen LogP contribution < -0.4 is 9.47 Å². The number of nitro benzene ring substituents is 1. The van der Waals surface area contributed by atoms with Crippen molar-refractivity contribution in [2.75, 3.05) is 7.11 Å². The maximum atomic E-state index is 15.0. The third-order valence-electron chi connectivity index (χ3n) is 3.95. The zero-order valence-corrected chi connectivity index (χ0v) is 13.5. The summed E-state index contributed by atoms with van der Waals surface area (Å²) in [6.07, 6.45) is 8.34. The Morgan fingerprint density at radius 2 is 1.84 bits per heavy atom. The summed E-state index contributed by atoms with van der Waals surface area (Å²) >= 11 is 0. The highest BCUT2D eigenvalue weighted by Crippen LogP contribution is 2.39. The number of halogens is 1. The van der Waals surface area contributed by atoms with Crippen molar-refractivity contribution in [3.05, 3.63) is 82.2 Å². The highest BCUT2D eigenvalue weighted by molar-refractivity contribution is 5.48. The minimum absolute atomic E-state index is 0.0487. The average molecular weight is 341 g/mol. The lowest BCUT2D eigenvalue weighted by molar-refractivity contribution is -0.384. The van der Waals surface area contributed by atoms with Gasteiger partial charge in [-0.1, -0.05) is 24.3 Å². The molecule has 2 aromatic carbocycles. The number of benzene rings is 2. The van der Waals surface area contributed by atoms with E-state index >= 15 is 4.39 Å². The second kappa shape index (κ2) is 7.17. The van der Waals surface area contributed by atoms with Gasteiger partial charge in [0, 0.05) is 23.6 Å². The molecule has 0 amide bonds. The van der Waals surface area contributed by atoms with E-state index in [1.54, 1.807) is 6.07 Å². The minimum atomic E-state index is -0.501. The Balaban J connectivity index is 1.93. The van der Waals surface area contributed by atoms with E-state index in [4.69, 9.17) is 9.47 Å². The van der Waals surface area contributed by atoms with Crippen LogP contribution in [0.15, 0.2) is 60.7 Å². The molecule has 0 radical (unpaired) electrons. The van der Waals surface area contributed by atoms with Crippen molar-refractivity contribution in [1.29, 1.82) is 0 Å². The molecule has 0 fully saturated rings. The van der Waals surface area contributed by atoms with Gasteiger partial charge in [-0.3, -0.25) is 10.1 Å². The van der Waals surface area contributed by atoms with E-state index in [1.165, 1.54) is 37.4 Å². The van der Waals surface area contributed by atoms with Crippen LogP contribution in [0.3, 0.4) is 0 Å². The van der Waals surface area contributed by atoms with E-state index in [2.05, 4.69) is 0 Å². The standard InChI is InChI=1S/C19H16FNO4/c1-24-16-11-12-17(19(20)18(16)13-5-3-2-4-6-13)25-15-9-7-14(8-10-15)21(22)23/h2-5,7-13H,6H2,1H3. The normalized spacial score (nSPS) is 15.8. The predicted molar refractivity (Wildman–Crippen MR) is 91.8 cm³/mol. The molecule has 0 aromatic heterocycles. The van der Waals surface area contributed by atoms with E-state index in [9.17, 15) is 10.1 Å². The molecule has 0 N–H and O–H groups in total. The molecule has 5 nitrogen and oxygen atoms in total. The van der Waals surface area contributed by atoms with Crippen molar-refractivity contribution in [2.24, 2.45) is 0 Å². The Labute approximate surface area is 144 Å². The summed E-state index contributed by atoms with van der Waals surface area (Å²) in [6, 6.07) is 8.64. The summed E-state index contributed by atoms with van der Waals surface area (Å²) < 4.78 is 25.9. The van der Waals surface area contributed by atoms with Crippen molar-refractivity contribution < 1.29 is 18.8 Å². The Hall–Kier alpha value is -3.15. The van der Waals surface area contributed by atoms with E-state index in [0.717, 1.165) is 0 Å². The fourth-order valence-corrected chi connectivity index (χ4v) is 2.72. The van der Waals surface area contributed by atoms with Crippen LogP contribution in [0.2, 0.25) is 0 Å². The summed E-state index contributed by atoms with van der Waals surface area (Å²) in [6.45, 7) is 0. The Bertz CT molecular complexity index is 843. The van der Waals surface area contributed by atoms with Crippen LogP contribution in [0.1, 0.15) is 17.9 Å². The molecule has 1 unspecified atom stereocenters. The second-order valence-corrected chi connectivity index (χ2v) is 5.50. The van der Waals surface area contributed by atoms with Gasteiger partial charge in [-0.25, -0.2) is 4.39 Å². The smallest absolute Gasteiger partial charge is 0.269 e. The lowest BCUT2D eigenvalue weighted by atomic mass is 9.91. The number of ether oxygens (including phenoxy) is 2. The first-order valence-corrected chi connectivity index (χ1v) is 7.72. The number of rotatable bonds is 5. The Morgan fingerprint density at radius 1 is 1.12 bits per heavy atom. The molecule has 128 valence electrons. The maximum Gasteiger partial charge on any atom is 0.269 e. The number of hydrogen-bond acceptors (Lipinski definition) is 4. The number of nitro groups is 1. The average Bonchev–Trinajstić information content (AvgIpc) is 2.64. The number of methoxy groups -OCH3 is 1. The first-order chi connectivity index (χ1) is 12.1. The van der Waals surface area contributed by atoms with Gasteiger partial charge in [0.25, 0.3) is 5.69 Å². The predicted octanol–water partition coefficient (Wildman–Crippen LogP) is 5.13. The monoisotopic (exact) mass is 341 g/mol. The summed E-state index contributed by atoms with van der Waals surface area (Å²) in [4.78, 5) is 10.2. The lowest BCUT2D eigenvalue weighted by Gasteiger charge is -2.19. The molecular weight excluding hydrogens is 325 g/mol. The van der Waals surface area contributed by atoms with Gasteiger partial charge in [-0.2, -0.15) is 0 Å². The Kier molecular flexibility index (Phi) is 4.79. The third-order valence-corrected chi connectivity index (χ3v) is 3.95. The number of non-ortho nitro benzene ring substituents is 1. The summed E-state index contributed by atoms with van der Waals surface area (Å²) in [5.74, 6) is 0.189. The SMILES string of the molecule is COc1ccc(Oc2ccc([N+](=O)[O-])cc2)c(F)c1C1C=CC=CC1. The van der Waals surface area contributed by atoms with Crippen LogP contribution in [0.4, 0.5) is 10.1 Å². The fourth-order valence-electron chi connectivity index (χ4n) is 2.72. The minimum Gasteiger partial charge on any atom is -0.496 e. The van der Waals surface area contributed by atoms with E-state index in [-0.39, 0.29) is 17.4 Å². The van der Waals surface area contributed by atoms with E-state index in [0.29, 0.717) is 23.5 Å². The molecule has 0 heterocycles. The fraction of sp³-hybridized carbons (Fsp3) is 0.158. The molecule has 0 aliphatic heterocycles. The molecule has 2 aromatic rings. The second-order valence-electron chi connectivity index (χ2n) is 5.50. The van der Waals surface area contributed by atoms with Gasteiger partial charge >= 0.3 is 0 Å². The van der Waals surface area contributed by atoms with Crippen molar-refractivity contribution >= 4 is 5.69 Å². The molecule has 6 heteroatoms. The van der Waals surface area contributed by atoms with Gasteiger partial charge in [0.1, 0.15) is 11.5 Å². The van der Waals surface area contributed by atoms with Crippen molar-refractivity contribution in [2.45, 2.75) is 12.3 Å². The van der Waals surface area contributed by atoms with Gasteiger partial charge in [-0.05, 0) is 30.7 Å². The summed E-state index contributed by atoms with van der Waals surface area (Å²) in [5.41, 5.74) is 0.380. The number of hydrogen-bond donors (Lipinski definition) is 0. The first kappa shape index (κ1) is 16.7. The third kappa shape index (κ3) is 3.52. The van der Waals surface area contributed by atoms with Gasteiger partial charge < -0.3 is 9.47 Å². The molecule has 3 rings (SSSR count). The molecular formula is C19H16FNO4. The highest BCUT2D eigenvalue weighted by atomic mass is 19.1. The summed E-state index contributed by atoms with van der Waals surface area (Å²) in [5, 5.41) is 10.7. The van der Waals surface area contributed by atoms with E-state index in [1.807, 2.05) is 24.3 Å². The lowest BCUT2D eigenvalue weighted by Crippen LogP contribution is -2.04. The molecule has 0 saturated heterocycles. The van der Waals surface area contributed by atoms with Gasteiger partial charge in [0.15, 0.2) is 11.6 Å². The van der Waals surface area contributed by atoms with Crippen molar-refractivity contribution in [3.63, 3.8) is 0 Å². The molecule has 1 aliphatic carbocycles. The molecule has 0 spiro atoms. The van der Waals surface area contributed by atoms with Crippen LogP contribution in [-0.4, -0.2) is 12.0 Å². The first-order valence-electron chi connectivity index (χ1n) is 7.72. The zero-order chi connectivity index (χ0) is 17.8. The molecule has 1 aliphatic rings. The van der Waals surface area contributed by atoms with Crippen LogP contribution >= 0.6 is 0 Å². The highest BCUT2D eigenvalue weighted by Gasteiger charge is 2.22. The van der Waals surface area contributed by atoms with E-state index < -0.39 is 10.7 Å². The molecule has 0 saturated carbocycles. The molecule has 0 bridgehead atoms. The molecule has 25 heavy (non-hydrogen) atoms. The quantitative estimate of drug-likeness (QED) is 0.558. The Morgan fingerprint density at radius 3 is 2.44 bits per heavy atom. The number of nitrogens with zero attached hydrogens (tertiary/aromatic N) is 1. The van der Waals surface area contributed by atoms with Crippen LogP contribution in [0, 0.1) is 15.9 Å². The number of allylic oxidation sites excluding steroid dienone is 4. The maximum absolute atomic E-state index is 15.0. The summed E-state index contributed by atoms with van der Waals surface area (Å²) in [7, 11) is 1.50. The van der Waals surface area contributed by atoms with Gasteiger partial charge in [0.05, 0.1) is 12.0 Å². The van der Waals surface area contributed by atoms with Crippen LogP contribution in [0.5, 0.6) is 17.2 Å². The van der Waals surface area contributed by atoms with Crippen molar-refractivity contribution in [3.8, 4) is 17.2 Å².